The minimum absolute atomic E-state index is 0.0734. The molecule has 4 unspecified atom stereocenters. The van der Waals surface area contributed by atoms with E-state index in [0.717, 1.165) is 189 Å². The van der Waals surface area contributed by atoms with Gasteiger partial charge in [0.1, 0.15) is 36.9 Å². The van der Waals surface area contributed by atoms with Crippen molar-refractivity contribution < 1.29 is 38.5 Å². The summed E-state index contributed by atoms with van der Waals surface area (Å²) >= 11 is 0. The highest BCUT2D eigenvalue weighted by Gasteiger charge is 2.36. The van der Waals surface area contributed by atoms with E-state index in [1.54, 1.807) is 12.4 Å². The number of aliphatic hydroxyl groups excluding tert-OH is 1. The second-order valence-corrected chi connectivity index (χ2v) is 28.7. The standard InChI is InChI=1S/C43H54N4O4.C31H43N3O2.C12H11NO2/c48-38(32-51-41-25-9-24-40-39(41)23-10-26-44-40)31-46-27-11-20-36(29-46)43(50)47-28-12-19-35(30-47)42(49)45-37(21-7-17-33-13-3-1-4-14-33)22-8-18-34-15-5-2-6-16-34;35-30(28-18-10-22-34(24-28)31(36)27-17-9-21-32-23-27)33-29(19-7-15-25-11-3-1-4-12-25)20-8-16-26-13-5-2-6-14-26;1-4-11-10(3-2-6-13-11)12(5-1)15-8-9-7-14-9/h1-6,9-10,13-16,23-26,35-38,48H,7-8,11-12,17-22,27-32H2,(H,45,49);1-6,11-14,27-29,32H,7-10,15-24H2,(H,33,35);1-6,9H,7-8H2/t35?,36?,38-;;9-/m1.1/s1. The third-order valence-corrected chi connectivity index (χ3v) is 20.8. The van der Waals surface area contributed by atoms with Gasteiger partial charge in [0.05, 0.1) is 41.3 Å². The molecule has 4 amide bonds. The molecule has 13 rings (SSSR count). The number of carbonyl (C=O) groups excluding carboxylic acids is 4. The van der Waals surface area contributed by atoms with Crippen LogP contribution in [0.1, 0.15) is 125 Å². The number of hydrogen-bond donors (Lipinski definition) is 4. The Morgan fingerprint density at radius 3 is 1.37 bits per heavy atom. The number of piperidine rings is 4. The van der Waals surface area contributed by atoms with E-state index in [4.69, 9.17) is 14.2 Å². The van der Waals surface area contributed by atoms with Crippen molar-refractivity contribution in [3.63, 3.8) is 0 Å². The molecule has 0 aliphatic carbocycles. The number of carbonyl (C=O) groups is 4. The van der Waals surface area contributed by atoms with Crippen molar-refractivity contribution in [1.29, 1.82) is 0 Å². The van der Waals surface area contributed by atoms with Crippen LogP contribution in [0.25, 0.3) is 21.8 Å². The summed E-state index contributed by atoms with van der Waals surface area (Å²) in [6.07, 6.45) is 22.5. The highest BCUT2D eigenvalue weighted by atomic mass is 16.6. The first-order valence-corrected chi connectivity index (χ1v) is 38.1. The highest BCUT2D eigenvalue weighted by Crippen LogP contribution is 2.29. The fourth-order valence-corrected chi connectivity index (χ4v) is 15.1. The summed E-state index contributed by atoms with van der Waals surface area (Å²) < 4.78 is 16.8. The van der Waals surface area contributed by atoms with Gasteiger partial charge in [0, 0.05) is 81.1 Å². The van der Waals surface area contributed by atoms with Gasteiger partial charge in [0.25, 0.3) is 0 Å². The lowest BCUT2D eigenvalue weighted by Crippen LogP contribution is -2.51. The number of nitrogens with zero attached hydrogens (tertiary/aromatic N) is 5. The SMILES string of the molecule is O=C(NC(CCCc1ccccc1)CCCc1ccccc1)C1CCCN(C(=O)C2CCCN(C[C@@H](O)COc3cccc4ncccc34)C2)C1.O=C(NC(CCCc1ccccc1)CCCc1ccccc1)C1CCCN(C(=O)C2CCCNC2)C1.c1cc(OC[C@H]2CO2)c2cccnc2c1. The molecule has 4 N–H and O–H groups in total. The molecule has 2 aromatic heterocycles. The van der Waals surface area contributed by atoms with Crippen LogP contribution in [0.15, 0.2) is 194 Å². The predicted octanol–water partition coefficient (Wildman–Crippen LogP) is 13.2. The van der Waals surface area contributed by atoms with Gasteiger partial charge in [-0.2, -0.15) is 0 Å². The average Bonchev–Trinajstić information content (AvgIpc) is 0.991. The van der Waals surface area contributed by atoms with Crippen LogP contribution in [0.3, 0.4) is 0 Å². The molecule has 5 aliphatic rings. The summed E-state index contributed by atoms with van der Waals surface area (Å²) in [5.74, 6) is 1.88. The van der Waals surface area contributed by atoms with Crippen molar-refractivity contribution in [2.75, 3.05) is 78.7 Å². The molecule has 102 heavy (non-hydrogen) atoms. The lowest BCUT2D eigenvalue weighted by atomic mass is 9.92. The number of pyridine rings is 2. The smallest absolute Gasteiger partial charge is 0.226 e. The largest absolute Gasteiger partial charge is 0.490 e. The number of nitrogens with one attached hydrogen (secondary N) is 3. The minimum atomic E-state index is -0.679. The fourth-order valence-electron chi connectivity index (χ4n) is 15.1. The number of aryl methyl sites for hydroxylation is 4. The van der Waals surface area contributed by atoms with Gasteiger partial charge in [-0.1, -0.05) is 133 Å². The zero-order valence-corrected chi connectivity index (χ0v) is 59.8. The summed E-state index contributed by atoms with van der Waals surface area (Å²) in [4.78, 5) is 68.7. The van der Waals surface area contributed by atoms with Crippen LogP contribution in [0.5, 0.6) is 11.5 Å². The Labute approximate surface area is 604 Å². The summed E-state index contributed by atoms with van der Waals surface area (Å²) in [5, 5.41) is 23.0. The molecular weight excluding hydrogens is 1270 g/mol. The number of rotatable bonds is 30. The van der Waals surface area contributed by atoms with Gasteiger partial charge in [0.2, 0.25) is 23.6 Å². The Kier molecular flexibility index (Phi) is 29.5. The van der Waals surface area contributed by atoms with Crippen LogP contribution < -0.4 is 25.4 Å². The van der Waals surface area contributed by atoms with E-state index in [9.17, 15) is 24.3 Å². The van der Waals surface area contributed by atoms with Gasteiger partial charge in [-0.05, 0) is 212 Å². The van der Waals surface area contributed by atoms with Gasteiger partial charge in [0.15, 0.2) is 0 Å². The third kappa shape index (κ3) is 24.0. The first-order valence-electron chi connectivity index (χ1n) is 38.1. The molecule has 16 nitrogen and oxygen atoms in total. The van der Waals surface area contributed by atoms with Crippen LogP contribution in [-0.2, 0) is 49.6 Å². The number of hydrogen-bond acceptors (Lipinski definition) is 12. The van der Waals surface area contributed by atoms with E-state index < -0.39 is 6.10 Å². The molecule has 5 fully saturated rings. The van der Waals surface area contributed by atoms with Crippen LogP contribution in [0.4, 0.5) is 0 Å². The van der Waals surface area contributed by atoms with E-state index >= 15 is 0 Å². The van der Waals surface area contributed by atoms with Crippen molar-refractivity contribution in [1.82, 2.24) is 40.6 Å². The monoisotopic (exact) mass is 1380 g/mol. The van der Waals surface area contributed by atoms with Crippen LogP contribution in [-0.4, -0.2) is 156 Å². The number of aliphatic hydroxyl groups is 1. The second kappa shape index (κ2) is 40.3. The Balaban J connectivity index is 0.000000176. The second-order valence-electron chi connectivity index (χ2n) is 28.7. The lowest BCUT2D eigenvalue weighted by Gasteiger charge is -2.38. The Morgan fingerprint density at radius 1 is 0.490 bits per heavy atom. The maximum absolute atomic E-state index is 13.8. The third-order valence-electron chi connectivity index (χ3n) is 20.8. The number of likely N-dealkylation sites (tertiary alicyclic amines) is 3. The molecule has 540 valence electrons. The van der Waals surface area contributed by atoms with Crippen molar-refractivity contribution >= 4 is 45.4 Å². The van der Waals surface area contributed by atoms with E-state index in [-0.39, 0.29) is 72.1 Å². The lowest BCUT2D eigenvalue weighted by molar-refractivity contribution is -0.142. The topological polar surface area (TPSA) is 191 Å². The highest BCUT2D eigenvalue weighted by molar-refractivity contribution is 5.86. The summed E-state index contributed by atoms with van der Waals surface area (Å²) in [6.45, 7) is 7.87. The molecular formula is C86H108N8O8. The Bertz CT molecular complexity index is 3700. The summed E-state index contributed by atoms with van der Waals surface area (Å²) in [7, 11) is 0. The van der Waals surface area contributed by atoms with Crippen molar-refractivity contribution in [3.05, 3.63) is 217 Å². The van der Waals surface area contributed by atoms with Crippen molar-refractivity contribution in [3.8, 4) is 11.5 Å². The van der Waals surface area contributed by atoms with E-state index in [1.165, 1.54) is 22.3 Å². The minimum Gasteiger partial charge on any atom is -0.490 e. The predicted molar refractivity (Wildman–Crippen MR) is 405 cm³/mol. The normalized spacial score (nSPS) is 19.4. The van der Waals surface area contributed by atoms with E-state index in [1.807, 2.05) is 82.6 Å². The molecule has 0 saturated carbocycles. The molecule has 0 bridgehead atoms. The molecule has 0 spiro atoms. The summed E-state index contributed by atoms with van der Waals surface area (Å²) in [5.41, 5.74) is 7.19. The number of benzene rings is 6. The molecule has 5 aliphatic heterocycles. The number of fused-ring (bicyclic) bond motifs is 2. The van der Waals surface area contributed by atoms with Gasteiger partial charge in [-0.15, -0.1) is 0 Å². The van der Waals surface area contributed by atoms with Crippen molar-refractivity contribution in [2.24, 2.45) is 23.7 Å². The van der Waals surface area contributed by atoms with Crippen LogP contribution in [0, 0.1) is 23.7 Å². The molecule has 5 saturated heterocycles. The maximum atomic E-state index is 13.8. The zero-order valence-electron chi connectivity index (χ0n) is 59.8. The van der Waals surface area contributed by atoms with Crippen LogP contribution >= 0.6 is 0 Å². The first kappa shape index (κ1) is 74.6. The van der Waals surface area contributed by atoms with E-state index in [2.05, 4.69) is 140 Å². The van der Waals surface area contributed by atoms with Gasteiger partial charge in [-0.25, -0.2) is 0 Å². The van der Waals surface area contributed by atoms with Gasteiger partial charge in [-0.3, -0.25) is 34.0 Å². The Hall–Kier alpha value is -8.54. The van der Waals surface area contributed by atoms with Crippen molar-refractivity contribution in [2.45, 2.75) is 153 Å². The number of β-amino-alcohol motifs (C(OH)–C–C–N with tert-alkyl or cyclic N) is 1. The summed E-state index contributed by atoms with van der Waals surface area (Å²) in [6, 6.07) is 62.1. The average molecular weight is 1380 g/mol. The fraction of sp³-hybridized carbons (Fsp3) is 0.465. The molecule has 6 atom stereocenters. The van der Waals surface area contributed by atoms with E-state index in [0.29, 0.717) is 45.1 Å². The molecule has 16 heteroatoms. The molecule has 7 heterocycles. The first-order chi connectivity index (χ1) is 50.1. The molecule has 0 radical (unpaired) electrons. The zero-order chi connectivity index (χ0) is 70.3. The van der Waals surface area contributed by atoms with Crippen LogP contribution in [0.2, 0.25) is 0 Å². The molecule has 6 aromatic carbocycles. The quantitative estimate of drug-likeness (QED) is 0.0312. The number of amides is 4. The van der Waals surface area contributed by atoms with Gasteiger partial charge < -0.3 is 45.1 Å². The Morgan fingerprint density at radius 2 is 0.922 bits per heavy atom. The maximum Gasteiger partial charge on any atom is 0.226 e. The number of epoxide rings is 1. The van der Waals surface area contributed by atoms with Gasteiger partial charge >= 0.3 is 0 Å². The number of aromatic nitrogens is 2. The molecule has 8 aromatic rings. The number of ether oxygens (including phenoxy) is 3.